The predicted octanol–water partition coefficient (Wildman–Crippen LogP) is 2.09. The fraction of sp³-hybridized carbons (Fsp3) is 0.188. The number of carbonyl (C=O) groups excluding carboxylic acids is 1. The van der Waals surface area contributed by atoms with Gasteiger partial charge in [-0.15, -0.1) is 0 Å². The van der Waals surface area contributed by atoms with Gasteiger partial charge in [-0.05, 0) is 12.1 Å². The molecule has 0 saturated carbocycles. The van der Waals surface area contributed by atoms with Gasteiger partial charge in [-0.3, -0.25) is 9.59 Å². The zero-order chi connectivity index (χ0) is 17.7. The van der Waals surface area contributed by atoms with E-state index < -0.39 is 17.8 Å². The number of alkyl halides is 2. The summed E-state index contributed by atoms with van der Waals surface area (Å²) in [5.41, 5.74) is -0.696. The van der Waals surface area contributed by atoms with Crippen LogP contribution in [-0.4, -0.2) is 41.2 Å². The van der Waals surface area contributed by atoms with Gasteiger partial charge in [-0.25, -0.2) is 4.68 Å². The average Bonchev–Trinajstić information content (AvgIpc) is 2.53. The van der Waals surface area contributed by atoms with Crippen LogP contribution in [0, 0.1) is 0 Å². The van der Waals surface area contributed by atoms with Crippen molar-refractivity contribution in [3.63, 3.8) is 0 Å². The predicted molar refractivity (Wildman–Crippen MR) is 83.6 cm³/mol. The monoisotopic (exact) mass is 335 g/mol. The molecule has 2 rings (SSSR count). The lowest BCUT2D eigenvalue weighted by molar-refractivity contribution is -0.0499. The SMILES string of the molecule is CN(C)/C=C/C(=O)c1nn(-c2ccccc2OC(F)F)ccc1=O. The average molecular weight is 335 g/mol. The summed E-state index contributed by atoms with van der Waals surface area (Å²) < 4.78 is 30.6. The highest BCUT2D eigenvalue weighted by Crippen LogP contribution is 2.23. The third-order valence-electron chi connectivity index (χ3n) is 2.89. The number of ether oxygens (including phenoxy) is 1. The molecule has 2 aromatic rings. The highest BCUT2D eigenvalue weighted by molar-refractivity contribution is 6.02. The molecule has 0 unspecified atom stereocenters. The minimum absolute atomic E-state index is 0.120. The van der Waals surface area contributed by atoms with Crippen molar-refractivity contribution >= 4 is 5.78 Å². The van der Waals surface area contributed by atoms with E-state index in [2.05, 4.69) is 9.84 Å². The number of halogens is 2. The molecule has 0 aliphatic heterocycles. The van der Waals surface area contributed by atoms with Gasteiger partial charge in [0.25, 0.3) is 0 Å². The van der Waals surface area contributed by atoms with E-state index in [-0.39, 0.29) is 17.1 Å². The Morgan fingerprint density at radius 1 is 1.29 bits per heavy atom. The number of carbonyl (C=O) groups is 1. The summed E-state index contributed by atoms with van der Waals surface area (Å²) >= 11 is 0. The number of aromatic nitrogens is 2. The van der Waals surface area contributed by atoms with Crippen LogP contribution >= 0.6 is 0 Å². The summed E-state index contributed by atoms with van der Waals surface area (Å²) in [6, 6.07) is 7.09. The third kappa shape index (κ3) is 4.25. The minimum atomic E-state index is -3.00. The molecule has 1 aromatic carbocycles. The highest BCUT2D eigenvalue weighted by atomic mass is 19.3. The molecule has 0 saturated heterocycles. The Labute approximate surface area is 136 Å². The second-order valence-corrected chi connectivity index (χ2v) is 4.96. The molecule has 8 heteroatoms. The van der Waals surface area contributed by atoms with Gasteiger partial charge >= 0.3 is 6.61 Å². The Balaban J connectivity index is 2.46. The molecule has 6 nitrogen and oxygen atoms in total. The fourth-order valence-electron chi connectivity index (χ4n) is 1.85. The molecule has 0 radical (unpaired) electrons. The van der Waals surface area contributed by atoms with Crippen LogP contribution in [0.15, 0.2) is 53.6 Å². The van der Waals surface area contributed by atoms with Crippen molar-refractivity contribution in [1.82, 2.24) is 14.7 Å². The summed E-state index contributed by atoms with van der Waals surface area (Å²) in [4.78, 5) is 25.6. The molecule has 0 amide bonds. The second kappa shape index (κ2) is 7.49. The Morgan fingerprint density at radius 3 is 2.67 bits per heavy atom. The highest BCUT2D eigenvalue weighted by Gasteiger charge is 2.14. The smallest absolute Gasteiger partial charge is 0.387 e. The summed E-state index contributed by atoms with van der Waals surface area (Å²) in [5.74, 6) is -0.707. The lowest BCUT2D eigenvalue weighted by atomic mass is 10.2. The number of hydrogen-bond donors (Lipinski definition) is 0. The number of para-hydroxylation sites is 2. The third-order valence-corrected chi connectivity index (χ3v) is 2.89. The van der Waals surface area contributed by atoms with E-state index in [1.807, 2.05) is 0 Å². The van der Waals surface area contributed by atoms with Crippen molar-refractivity contribution in [3.8, 4) is 11.4 Å². The number of hydrogen-bond acceptors (Lipinski definition) is 5. The van der Waals surface area contributed by atoms with Crippen molar-refractivity contribution in [3.05, 3.63) is 64.7 Å². The summed E-state index contributed by atoms with van der Waals surface area (Å²) in [6.45, 7) is -3.00. The Hall–Kier alpha value is -3.03. The van der Waals surface area contributed by atoms with Crippen LogP contribution in [0.1, 0.15) is 10.5 Å². The molecule has 1 heterocycles. The molecule has 0 N–H and O–H groups in total. The zero-order valence-electron chi connectivity index (χ0n) is 13.0. The summed E-state index contributed by atoms with van der Waals surface area (Å²) in [7, 11) is 3.44. The first-order chi connectivity index (χ1) is 11.4. The fourth-order valence-corrected chi connectivity index (χ4v) is 1.85. The number of ketones is 1. The van der Waals surface area contributed by atoms with Crippen LogP contribution in [0.5, 0.6) is 5.75 Å². The Kier molecular flexibility index (Phi) is 5.41. The van der Waals surface area contributed by atoms with E-state index in [1.165, 1.54) is 36.7 Å². The van der Waals surface area contributed by atoms with Crippen LogP contribution in [0.2, 0.25) is 0 Å². The van der Waals surface area contributed by atoms with Crippen LogP contribution in [-0.2, 0) is 0 Å². The first-order valence-corrected chi connectivity index (χ1v) is 6.91. The van der Waals surface area contributed by atoms with Gasteiger partial charge < -0.3 is 9.64 Å². The molecule has 126 valence electrons. The van der Waals surface area contributed by atoms with Gasteiger partial charge in [0.15, 0.2) is 11.4 Å². The summed E-state index contributed by atoms with van der Waals surface area (Å²) in [5, 5.41) is 3.95. The van der Waals surface area contributed by atoms with Gasteiger partial charge in [-0.2, -0.15) is 13.9 Å². The lowest BCUT2D eigenvalue weighted by Gasteiger charge is -2.12. The van der Waals surface area contributed by atoms with Crippen LogP contribution in [0.25, 0.3) is 5.69 Å². The minimum Gasteiger partial charge on any atom is -0.433 e. The molecular formula is C16H15F2N3O3. The molecule has 0 bridgehead atoms. The van der Waals surface area contributed by atoms with Crippen LogP contribution in [0.3, 0.4) is 0 Å². The number of rotatable bonds is 6. The van der Waals surface area contributed by atoms with Crippen molar-refractivity contribution in [2.75, 3.05) is 14.1 Å². The molecule has 0 aliphatic rings. The molecule has 0 atom stereocenters. The maximum absolute atomic E-state index is 12.5. The van der Waals surface area contributed by atoms with E-state index in [9.17, 15) is 18.4 Å². The van der Waals surface area contributed by atoms with E-state index in [0.29, 0.717) is 0 Å². The topological polar surface area (TPSA) is 64.4 Å². The normalized spacial score (nSPS) is 11.0. The van der Waals surface area contributed by atoms with E-state index >= 15 is 0 Å². The van der Waals surface area contributed by atoms with Crippen molar-refractivity contribution < 1.29 is 18.3 Å². The Bertz CT molecular complexity index is 816. The van der Waals surface area contributed by atoms with Crippen LogP contribution < -0.4 is 10.2 Å². The largest absolute Gasteiger partial charge is 0.433 e. The van der Waals surface area contributed by atoms with Gasteiger partial charge in [0.05, 0.1) is 0 Å². The second-order valence-electron chi connectivity index (χ2n) is 4.96. The van der Waals surface area contributed by atoms with Gasteiger partial charge in [0, 0.05) is 38.6 Å². The van der Waals surface area contributed by atoms with Crippen molar-refractivity contribution in [2.45, 2.75) is 6.61 Å². The number of nitrogens with zero attached hydrogens (tertiary/aromatic N) is 3. The van der Waals surface area contributed by atoms with E-state index in [4.69, 9.17) is 0 Å². The maximum Gasteiger partial charge on any atom is 0.387 e. The maximum atomic E-state index is 12.5. The molecule has 0 spiro atoms. The van der Waals surface area contributed by atoms with E-state index in [1.54, 1.807) is 25.1 Å². The lowest BCUT2D eigenvalue weighted by Crippen LogP contribution is -2.20. The standard InChI is InChI=1S/C16H15F2N3O3/c1-20(2)9-7-12(22)15-13(23)8-10-21(19-15)11-5-3-4-6-14(11)24-16(17)18/h3-10,16H,1-2H3/b9-7+. The first-order valence-electron chi connectivity index (χ1n) is 6.91. The van der Waals surface area contributed by atoms with Gasteiger partial charge in [0.2, 0.25) is 11.2 Å². The molecular weight excluding hydrogens is 320 g/mol. The van der Waals surface area contributed by atoms with Crippen molar-refractivity contribution in [1.29, 1.82) is 0 Å². The Morgan fingerprint density at radius 2 is 2.00 bits per heavy atom. The molecule has 0 aliphatic carbocycles. The zero-order valence-corrected chi connectivity index (χ0v) is 13.0. The summed E-state index contributed by atoms with van der Waals surface area (Å²) in [6.07, 6.45) is 3.96. The number of allylic oxidation sites excluding steroid dienone is 1. The quantitative estimate of drug-likeness (QED) is 0.597. The van der Waals surface area contributed by atoms with E-state index in [0.717, 1.165) is 10.7 Å². The molecule has 24 heavy (non-hydrogen) atoms. The van der Waals surface area contributed by atoms with Gasteiger partial charge in [0.1, 0.15) is 5.69 Å². The molecule has 0 fully saturated rings. The van der Waals surface area contributed by atoms with Crippen molar-refractivity contribution in [2.24, 2.45) is 0 Å². The number of benzene rings is 1. The molecule has 1 aromatic heterocycles. The van der Waals surface area contributed by atoms with Gasteiger partial charge in [-0.1, -0.05) is 12.1 Å². The first kappa shape index (κ1) is 17.3. The van der Waals surface area contributed by atoms with Crippen LogP contribution in [0.4, 0.5) is 8.78 Å².